The van der Waals surface area contributed by atoms with Crippen LogP contribution in [0.2, 0.25) is 0 Å². The quantitative estimate of drug-likeness (QED) is 0.688. The Morgan fingerprint density at radius 1 is 1.33 bits per heavy atom. The molecule has 2 rings (SSSR count). The van der Waals surface area contributed by atoms with Gasteiger partial charge in [0.1, 0.15) is 5.78 Å². The van der Waals surface area contributed by atoms with Crippen LogP contribution in [-0.2, 0) is 4.79 Å². The van der Waals surface area contributed by atoms with E-state index in [9.17, 15) is 15.0 Å². The monoisotopic (exact) mass is 212 g/mol. The van der Waals surface area contributed by atoms with E-state index in [1.807, 2.05) is 6.92 Å². The molecule has 86 valence electrons. The molecule has 2 aliphatic carbocycles. The average molecular weight is 212 g/mol. The highest BCUT2D eigenvalue weighted by Gasteiger charge is 2.52. The van der Waals surface area contributed by atoms with Gasteiger partial charge in [-0.3, -0.25) is 4.79 Å². The maximum atomic E-state index is 11.9. The molecule has 0 saturated heterocycles. The number of rotatable bonds is 1. The minimum atomic E-state index is -0.603. The Bertz CT molecular complexity index is 260. The van der Waals surface area contributed by atoms with Crippen LogP contribution in [0.25, 0.3) is 0 Å². The average Bonchev–Trinajstić information content (AvgIpc) is 2.50. The highest BCUT2D eigenvalue weighted by Crippen LogP contribution is 2.52. The fourth-order valence-corrected chi connectivity index (χ4v) is 3.25. The van der Waals surface area contributed by atoms with E-state index in [1.165, 1.54) is 0 Å². The highest BCUT2D eigenvalue weighted by molar-refractivity contribution is 5.87. The molecule has 2 saturated carbocycles. The fourth-order valence-electron chi connectivity index (χ4n) is 3.25. The lowest BCUT2D eigenvalue weighted by Gasteiger charge is -2.42. The summed E-state index contributed by atoms with van der Waals surface area (Å²) in [6.07, 6.45) is 4.34. The Kier molecular flexibility index (Phi) is 2.63. The first-order valence-corrected chi connectivity index (χ1v) is 5.87. The van der Waals surface area contributed by atoms with E-state index in [-0.39, 0.29) is 17.9 Å². The lowest BCUT2D eigenvalue weighted by molar-refractivity contribution is -0.133. The summed E-state index contributed by atoms with van der Waals surface area (Å²) in [5, 5.41) is 19.2. The molecule has 0 amide bonds. The maximum absolute atomic E-state index is 11.9. The van der Waals surface area contributed by atoms with Crippen LogP contribution in [0.15, 0.2) is 0 Å². The van der Waals surface area contributed by atoms with Crippen LogP contribution < -0.4 is 0 Å². The van der Waals surface area contributed by atoms with Crippen LogP contribution in [0.1, 0.15) is 45.4 Å². The standard InChI is InChI=1S/C12H20O3/c1-11(15)4-6-12(7-5-11)9(8-13)2-3-10(12)14/h9,13,15H,2-8H2,1H3. The first-order valence-electron chi connectivity index (χ1n) is 5.87. The largest absolute Gasteiger partial charge is 0.396 e. The maximum Gasteiger partial charge on any atom is 0.139 e. The van der Waals surface area contributed by atoms with Gasteiger partial charge in [0.05, 0.1) is 5.60 Å². The predicted octanol–water partition coefficient (Wildman–Crippen LogP) is 1.27. The predicted molar refractivity (Wildman–Crippen MR) is 56.3 cm³/mol. The van der Waals surface area contributed by atoms with Crippen molar-refractivity contribution in [2.24, 2.45) is 11.3 Å². The molecule has 2 fully saturated rings. The van der Waals surface area contributed by atoms with Gasteiger partial charge in [-0.15, -0.1) is 0 Å². The molecule has 0 aliphatic heterocycles. The Labute approximate surface area is 90.5 Å². The molecule has 1 unspecified atom stereocenters. The number of hydrogen-bond acceptors (Lipinski definition) is 3. The summed E-state index contributed by atoms with van der Waals surface area (Å²) in [6, 6.07) is 0. The Morgan fingerprint density at radius 3 is 2.47 bits per heavy atom. The van der Waals surface area contributed by atoms with E-state index in [4.69, 9.17) is 0 Å². The van der Waals surface area contributed by atoms with Gasteiger partial charge in [-0.1, -0.05) is 0 Å². The lowest BCUT2D eigenvalue weighted by atomic mass is 9.64. The minimum Gasteiger partial charge on any atom is -0.396 e. The van der Waals surface area contributed by atoms with Gasteiger partial charge in [0.25, 0.3) is 0 Å². The van der Waals surface area contributed by atoms with E-state index >= 15 is 0 Å². The van der Waals surface area contributed by atoms with Crippen LogP contribution in [0, 0.1) is 11.3 Å². The topological polar surface area (TPSA) is 57.5 Å². The van der Waals surface area contributed by atoms with Gasteiger partial charge in [-0.2, -0.15) is 0 Å². The molecule has 0 aromatic rings. The number of hydrogen-bond donors (Lipinski definition) is 2. The fraction of sp³-hybridized carbons (Fsp3) is 0.917. The second kappa shape index (κ2) is 3.56. The molecular weight excluding hydrogens is 192 g/mol. The molecule has 2 N–H and O–H groups in total. The van der Waals surface area contributed by atoms with E-state index in [1.54, 1.807) is 0 Å². The minimum absolute atomic E-state index is 0.119. The summed E-state index contributed by atoms with van der Waals surface area (Å²) in [5.41, 5.74) is -0.898. The Morgan fingerprint density at radius 2 is 1.93 bits per heavy atom. The first-order chi connectivity index (χ1) is 7.00. The number of carbonyl (C=O) groups excluding carboxylic acids is 1. The van der Waals surface area contributed by atoms with Crippen molar-refractivity contribution in [2.45, 2.75) is 51.0 Å². The van der Waals surface area contributed by atoms with Gasteiger partial charge in [-0.05, 0) is 44.9 Å². The highest BCUT2D eigenvalue weighted by atomic mass is 16.3. The number of Topliss-reactive ketones (excluding diaryl/α,β-unsaturated/α-hetero) is 1. The molecule has 0 bridgehead atoms. The summed E-state index contributed by atoms with van der Waals surface area (Å²) < 4.78 is 0. The second-order valence-electron chi connectivity index (χ2n) is 5.49. The summed E-state index contributed by atoms with van der Waals surface area (Å²) >= 11 is 0. The van der Waals surface area contributed by atoms with Gasteiger partial charge in [0.15, 0.2) is 0 Å². The molecule has 2 aliphatic rings. The van der Waals surface area contributed by atoms with Crippen molar-refractivity contribution < 1.29 is 15.0 Å². The second-order valence-corrected chi connectivity index (χ2v) is 5.49. The molecule has 0 aromatic heterocycles. The van der Waals surface area contributed by atoms with E-state index in [0.717, 1.165) is 19.3 Å². The van der Waals surface area contributed by atoms with Crippen LogP contribution in [0.5, 0.6) is 0 Å². The molecule has 3 heteroatoms. The van der Waals surface area contributed by atoms with Crippen molar-refractivity contribution in [1.82, 2.24) is 0 Å². The van der Waals surface area contributed by atoms with Gasteiger partial charge in [-0.25, -0.2) is 0 Å². The van der Waals surface area contributed by atoms with E-state index < -0.39 is 5.60 Å². The Hall–Kier alpha value is -0.410. The molecule has 0 radical (unpaired) electrons. The molecule has 0 heterocycles. The summed E-state index contributed by atoms with van der Waals surface area (Å²) in [7, 11) is 0. The van der Waals surface area contributed by atoms with Crippen molar-refractivity contribution in [2.75, 3.05) is 6.61 Å². The third-order valence-electron chi connectivity index (χ3n) is 4.50. The van der Waals surface area contributed by atoms with Crippen molar-refractivity contribution in [1.29, 1.82) is 0 Å². The smallest absolute Gasteiger partial charge is 0.139 e. The zero-order valence-corrected chi connectivity index (χ0v) is 9.33. The van der Waals surface area contributed by atoms with Crippen LogP contribution in [-0.4, -0.2) is 28.2 Å². The first kappa shape index (κ1) is 11.1. The molecule has 15 heavy (non-hydrogen) atoms. The molecule has 1 atom stereocenters. The summed E-state index contributed by atoms with van der Waals surface area (Å²) in [5.74, 6) is 0.457. The molecular formula is C12H20O3. The number of carbonyl (C=O) groups is 1. The van der Waals surface area contributed by atoms with E-state index in [2.05, 4.69) is 0 Å². The van der Waals surface area contributed by atoms with Crippen molar-refractivity contribution >= 4 is 5.78 Å². The molecule has 0 aromatic carbocycles. The number of aliphatic hydroxyl groups excluding tert-OH is 1. The van der Waals surface area contributed by atoms with E-state index in [0.29, 0.717) is 25.0 Å². The third-order valence-corrected chi connectivity index (χ3v) is 4.50. The number of aliphatic hydroxyl groups is 2. The van der Waals surface area contributed by atoms with Gasteiger partial charge >= 0.3 is 0 Å². The van der Waals surface area contributed by atoms with Gasteiger partial charge in [0, 0.05) is 18.4 Å². The molecule has 3 nitrogen and oxygen atoms in total. The van der Waals surface area contributed by atoms with Crippen molar-refractivity contribution in [3.05, 3.63) is 0 Å². The number of ketones is 1. The van der Waals surface area contributed by atoms with Crippen molar-refractivity contribution in [3.8, 4) is 0 Å². The normalized spacial score (nSPS) is 46.3. The molecule has 1 spiro atoms. The van der Waals surface area contributed by atoms with Crippen LogP contribution >= 0.6 is 0 Å². The SMILES string of the molecule is CC1(O)CCC2(CC1)C(=O)CCC2CO. The zero-order chi connectivity index (χ0) is 11.1. The lowest BCUT2D eigenvalue weighted by Crippen LogP contribution is -2.43. The van der Waals surface area contributed by atoms with Crippen molar-refractivity contribution in [3.63, 3.8) is 0 Å². The van der Waals surface area contributed by atoms with Gasteiger partial charge < -0.3 is 10.2 Å². The van der Waals surface area contributed by atoms with Gasteiger partial charge in [0.2, 0.25) is 0 Å². The summed E-state index contributed by atoms with van der Waals surface area (Å²) in [6.45, 7) is 1.96. The van der Waals surface area contributed by atoms with Crippen LogP contribution in [0.3, 0.4) is 0 Å². The summed E-state index contributed by atoms with van der Waals surface area (Å²) in [4.78, 5) is 11.9. The van der Waals surface area contributed by atoms with Crippen LogP contribution in [0.4, 0.5) is 0 Å². The Balaban J connectivity index is 2.16. The zero-order valence-electron chi connectivity index (χ0n) is 9.33. The third kappa shape index (κ3) is 1.72.